The molecule has 0 fully saturated rings. The van der Waals surface area contributed by atoms with Gasteiger partial charge in [-0.1, -0.05) is 41.9 Å². The number of aromatic amines is 1. The number of rotatable bonds is 8. The summed E-state index contributed by atoms with van der Waals surface area (Å²) in [6.45, 7) is 3.18. The van der Waals surface area contributed by atoms with Gasteiger partial charge in [0.25, 0.3) is 5.56 Å². The van der Waals surface area contributed by atoms with Gasteiger partial charge in [-0.25, -0.2) is 4.98 Å². The predicted octanol–water partition coefficient (Wildman–Crippen LogP) is 5.12. The lowest BCUT2D eigenvalue weighted by molar-refractivity contribution is 0.121. The second-order valence-corrected chi connectivity index (χ2v) is 10.4. The van der Waals surface area contributed by atoms with Crippen molar-refractivity contribution in [3.63, 3.8) is 0 Å². The Balaban J connectivity index is 1.70. The summed E-state index contributed by atoms with van der Waals surface area (Å²) in [5, 5.41) is 13.8. The van der Waals surface area contributed by atoms with E-state index < -0.39 is 5.60 Å². The standard InChI is InChI=1S/C31H31ClN4O3/c1-20-33-19-29(34-20)31(38,22-8-11-24(32)12-9-22)23-10-13-28-27(17-23)26(18-30(37)36(28)4)21-6-5-7-25(16-21)39-15-14-35(2)3/h5-13,16-19,38H,14-15H2,1-4H3,(H,33,34). The number of ether oxygens (including phenoxy) is 1. The molecule has 0 aliphatic carbocycles. The Kier molecular flexibility index (Phi) is 7.32. The second-order valence-electron chi connectivity index (χ2n) is 9.97. The zero-order valence-corrected chi connectivity index (χ0v) is 23.2. The lowest BCUT2D eigenvalue weighted by Crippen LogP contribution is -2.29. The van der Waals surface area contributed by atoms with E-state index in [0.29, 0.717) is 34.3 Å². The third-order valence-electron chi connectivity index (χ3n) is 6.97. The van der Waals surface area contributed by atoms with Gasteiger partial charge in [0, 0.05) is 30.1 Å². The molecule has 0 saturated heterocycles. The number of hydrogen-bond donors (Lipinski definition) is 2. The fourth-order valence-corrected chi connectivity index (χ4v) is 4.92. The lowest BCUT2D eigenvalue weighted by Gasteiger charge is -2.29. The maximum Gasteiger partial charge on any atom is 0.251 e. The van der Waals surface area contributed by atoms with Gasteiger partial charge in [-0.05, 0) is 79.7 Å². The number of aromatic nitrogens is 3. The summed E-state index contributed by atoms with van der Waals surface area (Å²) in [6, 6.07) is 22.1. The molecular weight excluding hydrogens is 512 g/mol. The summed E-state index contributed by atoms with van der Waals surface area (Å²) in [4.78, 5) is 22.6. The van der Waals surface area contributed by atoms with Crippen molar-refractivity contribution < 1.29 is 9.84 Å². The molecule has 1 atom stereocenters. The third-order valence-corrected chi connectivity index (χ3v) is 7.22. The van der Waals surface area contributed by atoms with E-state index in [2.05, 4.69) is 14.9 Å². The van der Waals surface area contributed by atoms with Crippen molar-refractivity contribution in [2.75, 3.05) is 27.2 Å². The maximum absolute atomic E-state index is 13.0. The van der Waals surface area contributed by atoms with Crippen LogP contribution < -0.4 is 10.3 Å². The largest absolute Gasteiger partial charge is 0.492 e. The van der Waals surface area contributed by atoms with Crippen molar-refractivity contribution >= 4 is 22.5 Å². The van der Waals surface area contributed by atoms with Gasteiger partial charge in [0.05, 0.1) is 17.4 Å². The number of halogens is 1. The summed E-state index contributed by atoms with van der Waals surface area (Å²) < 4.78 is 7.58. The maximum atomic E-state index is 13.0. The zero-order chi connectivity index (χ0) is 27.7. The van der Waals surface area contributed by atoms with Crippen molar-refractivity contribution in [2.45, 2.75) is 12.5 Å². The molecule has 1 unspecified atom stereocenters. The van der Waals surface area contributed by atoms with Crippen molar-refractivity contribution in [1.82, 2.24) is 19.4 Å². The van der Waals surface area contributed by atoms with Gasteiger partial charge in [0.1, 0.15) is 18.2 Å². The Morgan fingerprint density at radius 3 is 2.49 bits per heavy atom. The fraction of sp³-hybridized carbons (Fsp3) is 0.226. The average molecular weight is 543 g/mol. The van der Waals surface area contributed by atoms with E-state index in [9.17, 15) is 9.90 Å². The molecule has 2 aromatic heterocycles. The Bertz CT molecular complexity index is 1690. The highest BCUT2D eigenvalue weighted by atomic mass is 35.5. The molecule has 39 heavy (non-hydrogen) atoms. The molecular formula is C31H31ClN4O3. The molecule has 200 valence electrons. The number of likely N-dealkylation sites (N-methyl/N-ethyl adjacent to an activating group) is 1. The van der Waals surface area contributed by atoms with Crippen LogP contribution in [-0.4, -0.2) is 51.8 Å². The number of imidazole rings is 1. The molecule has 0 radical (unpaired) electrons. The van der Waals surface area contributed by atoms with Crippen LogP contribution in [0.5, 0.6) is 5.75 Å². The zero-order valence-electron chi connectivity index (χ0n) is 22.4. The van der Waals surface area contributed by atoms with Crippen molar-refractivity contribution in [1.29, 1.82) is 0 Å². The number of aryl methyl sites for hydroxylation is 2. The number of pyridine rings is 1. The van der Waals surface area contributed by atoms with Gasteiger partial charge in [0.15, 0.2) is 5.60 Å². The molecule has 0 bridgehead atoms. The predicted molar refractivity (Wildman–Crippen MR) is 156 cm³/mol. The van der Waals surface area contributed by atoms with Crippen LogP contribution in [0.1, 0.15) is 22.6 Å². The monoisotopic (exact) mass is 542 g/mol. The summed E-state index contributed by atoms with van der Waals surface area (Å²) in [7, 11) is 5.75. The van der Waals surface area contributed by atoms with Crippen LogP contribution in [0.2, 0.25) is 5.02 Å². The topological polar surface area (TPSA) is 83.4 Å². The van der Waals surface area contributed by atoms with Gasteiger partial charge >= 0.3 is 0 Å². The van der Waals surface area contributed by atoms with Crippen molar-refractivity contribution in [3.05, 3.63) is 117 Å². The molecule has 8 heteroatoms. The van der Waals surface area contributed by atoms with Gasteiger partial charge < -0.3 is 24.3 Å². The molecule has 3 aromatic carbocycles. The third kappa shape index (κ3) is 5.21. The van der Waals surface area contributed by atoms with Crippen LogP contribution in [0, 0.1) is 6.92 Å². The highest BCUT2D eigenvalue weighted by molar-refractivity contribution is 6.30. The molecule has 7 nitrogen and oxygen atoms in total. The van der Waals surface area contributed by atoms with Crippen LogP contribution in [-0.2, 0) is 12.6 Å². The summed E-state index contributed by atoms with van der Waals surface area (Å²) in [5.41, 5.74) is 2.49. The Morgan fingerprint density at radius 1 is 1.05 bits per heavy atom. The molecule has 0 aliphatic heterocycles. The summed E-state index contributed by atoms with van der Waals surface area (Å²) in [6.07, 6.45) is 1.64. The van der Waals surface area contributed by atoms with Gasteiger partial charge in [-0.15, -0.1) is 0 Å². The molecule has 0 spiro atoms. The first-order valence-electron chi connectivity index (χ1n) is 12.7. The summed E-state index contributed by atoms with van der Waals surface area (Å²) >= 11 is 6.17. The average Bonchev–Trinajstić information content (AvgIpc) is 3.37. The SMILES string of the molecule is Cc1ncc(C(O)(c2ccc(Cl)cc2)c2ccc3c(c2)c(-c2cccc(OCCN(C)C)c2)cc(=O)n3C)[nH]1. The highest BCUT2D eigenvalue weighted by Gasteiger charge is 2.36. The van der Waals surface area contributed by atoms with Crippen molar-refractivity contribution in [3.8, 4) is 16.9 Å². The fourth-order valence-electron chi connectivity index (χ4n) is 4.80. The van der Waals surface area contributed by atoms with Crippen LogP contribution in [0.3, 0.4) is 0 Å². The number of H-pyrrole nitrogens is 1. The number of fused-ring (bicyclic) bond motifs is 1. The van der Waals surface area contributed by atoms with E-state index in [0.717, 1.165) is 34.3 Å². The number of hydrogen-bond acceptors (Lipinski definition) is 5. The first-order chi connectivity index (χ1) is 18.7. The smallest absolute Gasteiger partial charge is 0.251 e. The molecule has 0 amide bonds. The second kappa shape index (κ2) is 10.7. The van der Waals surface area contributed by atoms with E-state index in [1.165, 1.54) is 0 Å². The first kappa shape index (κ1) is 26.7. The van der Waals surface area contributed by atoms with E-state index in [1.807, 2.05) is 63.5 Å². The normalized spacial score (nSPS) is 13.1. The minimum absolute atomic E-state index is 0.124. The van der Waals surface area contributed by atoms with Crippen LogP contribution >= 0.6 is 11.6 Å². The molecule has 0 saturated carbocycles. The first-order valence-corrected chi connectivity index (χ1v) is 13.1. The number of nitrogens with one attached hydrogen (secondary N) is 1. The minimum Gasteiger partial charge on any atom is -0.492 e. The molecule has 5 rings (SSSR count). The molecule has 5 aromatic rings. The number of aliphatic hydroxyl groups is 1. The molecule has 2 N–H and O–H groups in total. The minimum atomic E-state index is -1.54. The van der Waals surface area contributed by atoms with E-state index in [4.69, 9.17) is 16.3 Å². The quantitative estimate of drug-likeness (QED) is 0.284. The van der Waals surface area contributed by atoms with Gasteiger partial charge in [0.2, 0.25) is 0 Å². The molecule has 2 heterocycles. The highest BCUT2D eigenvalue weighted by Crippen LogP contribution is 2.39. The van der Waals surface area contributed by atoms with E-state index in [1.54, 1.807) is 48.1 Å². The Labute approximate surface area is 232 Å². The van der Waals surface area contributed by atoms with Gasteiger partial charge in [-0.3, -0.25) is 4.79 Å². The Morgan fingerprint density at radius 2 is 1.79 bits per heavy atom. The van der Waals surface area contributed by atoms with Crippen LogP contribution in [0.15, 0.2) is 83.8 Å². The summed E-state index contributed by atoms with van der Waals surface area (Å²) in [5.74, 6) is 1.41. The number of benzene rings is 3. The Hall–Kier alpha value is -3.91. The lowest BCUT2D eigenvalue weighted by atomic mass is 9.82. The number of nitrogens with zero attached hydrogens (tertiary/aromatic N) is 3. The van der Waals surface area contributed by atoms with E-state index in [-0.39, 0.29) is 5.56 Å². The van der Waals surface area contributed by atoms with Crippen LogP contribution in [0.4, 0.5) is 0 Å². The molecule has 0 aliphatic rings. The van der Waals surface area contributed by atoms with Crippen molar-refractivity contribution in [2.24, 2.45) is 7.05 Å². The van der Waals surface area contributed by atoms with Crippen LogP contribution in [0.25, 0.3) is 22.0 Å². The van der Waals surface area contributed by atoms with E-state index >= 15 is 0 Å². The van der Waals surface area contributed by atoms with Gasteiger partial charge in [-0.2, -0.15) is 0 Å².